The van der Waals surface area contributed by atoms with E-state index < -0.39 is 0 Å². The van der Waals surface area contributed by atoms with Crippen LogP contribution in [0.15, 0.2) is 57.0 Å². The molecule has 0 radical (unpaired) electrons. The van der Waals surface area contributed by atoms with Crippen LogP contribution in [-0.4, -0.2) is 57.5 Å². The van der Waals surface area contributed by atoms with Gasteiger partial charge in [-0.05, 0) is 34.1 Å². The van der Waals surface area contributed by atoms with Crippen LogP contribution in [0.1, 0.15) is 34.1 Å². The number of allylic oxidation sites excluding steroid dienone is 6. The van der Waals surface area contributed by atoms with Crippen LogP contribution >= 0.6 is 11.6 Å². The lowest BCUT2D eigenvalue weighted by Gasteiger charge is -2.19. The Morgan fingerprint density at radius 3 is 1.33 bits per heavy atom. The average molecular weight is 481 g/mol. The summed E-state index contributed by atoms with van der Waals surface area (Å²) >= 11 is 5.60. The van der Waals surface area contributed by atoms with Gasteiger partial charge < -0.3 is 18.9 Å². The molecule has 180 valence electrons. The number of Topliss-reactive ketones (excluding diaryl/α,β-unsaturated/α-hetero) is 4. The number of hydrogen-bond acceptors (Lipinski definition) is 8. The predicted molar refractivity (Wildman–Crippen MR) is 122 cm³/mol. The van der Waals surface area contributed by atoms with Gasteiger partial charge in [0.05, 0.1) is 34.3 Å². The fourth-order valence-corrected chi connectivity index (χ4v) is 3.42. The van der Waals surface area contributed by atoms with E-state index in [4.69, 9.17) is 30.5 Å². The molecule has 0 amide bonds. The lowest BCUT2D eigenvalue weighted by Crippen LogP contribution is -2.25. The molecule has 2 aliphatic carbocycles. The van der Waals surface area contributed by atoms with E-state index in [9.17, 15) is 19.2 Å². The van der Waals surface area contributed by atoms with Crippen molar-refractivity contribution in [1.82, 2.24) is 0 Å². The molecule has 0 saturated heterocycles. The molecule has 0 unspecified atom stereocenters. The average Bonchev–Trinajstić information content (AvgIpc) is 2.78. The highest BCUT2D eigenvalue weighted by Crippen LogP contribution is 2.28. The lowest BCUT2D eigenvalue weighted by atomic mass is 9.90. The molecular weight excluding hydrogens is 452 g/mol. The van der Waals surface area contributed by atoms with Crippen molar-refractivity contribution < 1.29 is 38.1 Å². The third-order valence-corrected chi connectivity index (χ3v) is 5.30. The van der Waals surface area contributed by atoms with Gasteiger partial charge in [-0.2, -0.15) is 0 Å². The van der Waals surface area contributed by atoms with Crippen LogP contribution in [0.2, 0.25) is 0 Å². The van der Waals surface area contributed by atoms with Crippen LogP contribution in [-0.2, 0) is 38.1 Å². The first-order chi connectivity index (χ1) is 15.5. The van der Waals surface area contributed by atoms with E-state index in [-0.39, 0.29) is 57.6 Å². The van der Waals surface area contributed by atoms with E-state index in [0.717, 1.165) is 5.57 Å². The number of ketones is 4. The zero-order valence-electron chi connectivity index (χ0n) is 20.1. The fourth-order valence-electron chi connectivity index (χ4n) is 3.10. The maximum absolute atomic E-state index is 12.2. The van der Waals surface area contributed by atoms with Crippen LogP contribution in [0.5, 0.6) is 0 Å². The van der Waals surface area contributed by atoms with Gasteiger partial charge in [0.1, 0.15) is 0 Å². The molecule has 0 aromatic heterocycles. The second-order valence-electron chi connectivity index (χ2n) is 7.28. The third-order valence-electron chi connectivity index (χ3n) is 5.04. The summed E-state index contributed by atoms with van der Waals surface area (Å²) in [5, 5.41) is 0. The monoisotopic (exact) mass is 480 g/mol. The Labute approximate surface area is 198 Å². The molecule has 2 rings (SSSR count). The van der Waals surface area contributed by atoms with Gasteiger partial charge in [-0.1, -0.05) is 11.6 Å². The highest BCUT2D eigenvalue weighted by molar-refractivity contribution is 6.30. The molecule has 0 bridgehead atoms. The highest BCUT2D eigenvalue weighted by Gasteiger charge is 2.35. The standard InChI is InChI=1S/C14H18O4.C10H11ClO4/c1-8(2)6-7-10-9(3)11(15)13(17-4)14(18-5)12(10)16;1-5-6(4-11)8(13)10(15-3)9(14-2)7(5)12/h6H,7H2,1-5H3;4H2,1-3H3. The van der Waals surface area contributed by atoms with Crippen LogP contribution in [0.3, 0.4) is 0 Å². The van der Waals surface area contributed by atoms with Gasteiger partial charge in [-0.3, -0.25) is 19.2 Å². The largest absolute Gasteiger partial charge is 0.489 e. The van der Waals surface area contributed by atoms with Crippen molar-refractivity contribution >= 4 is 34.7 Å². The zero-order chi connectivity index (χ0) is 25.5. The van der Waals surface area contributed by atoms with Crippen molar-refractivity contribution in [1.29, 1.82) is 0 Å². The van der Waals surface area contributed by atoms with Gasteiger partial charge in [0.2, 0.25) is 46.2 Å². The second kappa shape index (κ2) is 12.2. The molecule has 2 aliphatic rings. The minimum Gasteiger partial charge on any atom is -0.489 e. The minimum atomic E-state index is -0.388. The second-order valence-corrected chi connectivity index (χ2v) is 7.54. The van der Waals surface area contributed by atoms with Crippen molar-refractivity contribution in [3.8, 4) is 0 Å². The van der Waals surface area contributed by atoms with Crippen molar-refractivity contribution in [3.05, 3.63) is 57.0 Å². The van der Waals surface area contributed by atoms with Crippen molar-refractivity contribution in [2.75, 3.05) is 34.3 Å². The summed E-state index contributed by atoms with van der Waals surface area (Å²) in [5.74, 6) is -1.48. The van der Waals surface area contributed by atoms with Crippen LogP contribution in [0, 0.1) is 0 Å². The first-order valence-electron chi connectivity index (χ1n) is 9.94. The summed E-state index contributed by atoms with van der Waals surface area (Å²) < 4.78 is 19.6. The highest BCUT2D eigenvalue weighted by atomic mass is 35.5. The molecule has 0 spiro atoms. The number of alkyl halides is 1. The normalized spacial score (nSPS) is 16.6. The maximum atomic E-state index is 12.2. The van der Waals surface area contributed by atoms with E-state index in [1.807, 2.05) is 19.9 Å². The molecule has 0 N–H and O–H groups in total. The van der Waals surface area contributed by atoms with Crippen molar-refractivity contribution in [2.45, 2.75) is 34.1 Å². The Morgan fingerprint density at radius 2 is 1.00 bits per heavy atom. The summed E-state index contributed by atoms with van der Waals surface area (Å²) in [7, 11) is 5.34. The Morgan fingerprint density at radius 1 is 0.667 bits per heavy atom. The van der Waals surface area contributed by atoms with Crippen LogP contribution in [0.4, 0.5) is 0 Å². The lowest BCUT2D eigenvalue weighted by molar-refractivity contribution is -0.121. The van der Waals surface area contributed by atoms with Crippen LogP contribution < -0.4 is 0 Å². The number of rotatable bonds is 7. The maximum Gasteiger partial charge on any atom is 0.229 e. The smallest absolute Gasteiger partial charge is 0.229 e. The number of carbonyl (C=O) groups is 4. The molecular formula is C24H29ClO8. The Hall–Kier alpha value is -3.13. The number of methoxy groups -OCH3 is 4. The zero-order valence-corrected chi connectivity index (χ0v) is 20.9. The summed E-state index contributed by atoms with van der Waals surface area (Å²) in [6.45, 7) is 7.07. The molecule has 9 heteroatoms. The van der Waals surface area contributed by atoms with Crippen molar-refractivity contribution in [3.63, 3.8) is 0 Å². The first-order valence-corrected chi connectivity index (χ1v) is 10.5. The Kier molecular flexibility index (Phi) is 10.3. The van der Waals surface area contributed by atoms with Crippen LogP contribution in [0.25, 0.3) is 0 Å². The molecule has 0 aromatic rings. The molecule has 0 heterocycles. The Balaban J connectivity index is 0.000000335. The van der Waals surface area contributed by atoms with E-state index in [2.05, 4.69) is 0 Å². The molecule has 0 aromatic carbocycles. The van der Waals surface area contributed by atoms with Crippen molar-refractivity contribution in [2.24, 2.45) is 0 Å². The quantitative estimate of drug-likeness (QED) is 0.309. The van der Waals surface area contributed by atoms with E-state index in [0.29, 0.717) is 23.1 Å². The number of ether oxygens (including phenoxy) is 4. The number of hydrogen-bond donors (Lipinski definition) is 0. The number of halogens is 1. The van der Waals surface area contributed by atoms with Gasteiger partial charge in [-0.25, -0.2) is 0 Å². The SMILES string of the molecule is COC1=C(OC)C(=O)C(CC=C(C)C)=C(C)C1=O.COC1=C(OC)C(=O)C(CCl)=C(C)C1=O. The summed E-state index contributed by atoms with van der Waals surface area (Å²) in [5.41, 5.74) is 2.57. The summed E-state index contributed by atoms with van der Waals surface area (Å²) in [6.07, 6.45) is 2.34. The minimum absolute atomic E-state index is 0.00902. The fraction of sp³-hybridized carbons (Fsp3) is 0.417. The molecule has 0 aliphatic heterocycles. The van der Waals surface area contributed by atoms with E-state index in [1.54, 1.807) is 13.8 Å². The molecule has 0 atom stereocenters. The topological polar surface area (TPSA) is 105 Å². The number of carbonyl (C=O) groups excluding carboxylic acids is 4. The summed E-state index contributed by atoms with van der Waals surface area (Å²) in [6, 6.07) is 0. The third kappa shape index (κ3) is 5.82. The summed E-state index contributed by atoms with van der Waals surface area (Å²) in [4.78, 5) is 47.7. The van der Waals surface area contributed by atoms with Gasteiger partial charge in [-0.15, -0.1) is 11.6 Å². The van der Waals surface area contributed by atoms with Gasteiger partial charge in [0.25, 0.3) is 0 Å². The van der Waals surface area contributed by atoms with E-state index >= 15 is 0 Å². The molecule has 0 fully saturated rings. The van der Waals surface area contributed by atoms with Gasteiger partial charge in [0.15, 0.2) is 0 Å². The van der Waals surface area contributed by atoms with Gasteiger partial charge >= 0.3 is 0 Å². The predicted octanol–water partition coefficient (Wildman–Crippen LogP) is 3.51. The first kappa shape index (κ1) is 27.9. The molecule has 8 nitrogen and oxygen atoms in total. The van der Waals surface area contributed by atoms with E-state index in [1.165, 1.54) is 28.4 Å². The molecule has 0 saturated carbocycles. The Bertz CT molecular complexity index is 1020. The van der Waals surface area contributed by atoms with Gasteiger partial charge in [0, 0.05) is 22.3 Å². The molecule has 33 heavy (non-hydrogen) atoms.